The Hall–Kier alpha value is -0.790. The summed E-state index contributed by atoms with van der Waals surface area (Å²) < 4.78 is 5.40. The minimum Gasteiger partial charge on any atom is -0.459 e. The van der Waals surface area contributed by atoms with Crippen LogP contribution in [0.25, 0.3) is 0 Å². The molecule has 0 saturated heterocycles. The van der Waals surface area contributed by atoms with E-state index in [4.69, 9.17) is 4.74 Å². The van der Waals surface area contributed by atoms with Crippen molar-refractivity contribution in [3.8, 4) is 0 Å². The van der Waals surface area contributed by atoms with Crippen molar-refractivity contribution in [1.82, 2.24) is 0 Å². The van der Waals surface area contributed by atoms with Crippen molar-refractivity contribution in [2.75, 3.05) is 0 Å². The van der Waals surface area contributed by atoms with Crippen LogP contribution in [0.2, 0.25) is 0 Å². The van der Waals surface area contributed by atoms with Crippen LogP contribution in [0.1, 0.15) is 59.8 Å². The van der Waals surface area contributed by atoms with E-state index in [-0.39, 0.29) is 17.5 Å². The normalized spacial score (nSPS) is 19.1. The zero-order valence-electron chi connectivity index (χ0n) is 11.0. The number of hydrogen-bond acceptors (Lipinski definition) is 2. The summed E-state index contributed by atoms with van der Waals surface area (Å²) in [5.41, 5.74) is 1.28. The molecule has 0 radical (unpaired) electrons. The molecule has 1 atom stereocenters. The van der Waals surface area contributed by atoms with E-state index < -0.39 is 0 Å². The quantitative estimate of drug-likeness (QED) is 0.526. The van der Waals surface area contributed by atoms with Gasteiger partial charge in [-0.25, -0.2) is 4.79 Å². The first-order chi connectivity index (χ1) is 7.39. The van der Waals surface area contributed by atoms with Gasteiger partial charge in [-0.3, -0.25) is 0 Å². The topological polar surface area (TPSA) is 26.3 Å². The van der Waals surface area contributed by atoms with Crippen LogP contribution in [-0.4, -0.2) is 12.1 Å². The van der Waals surface area contributed by atoms with Crippen LogP contribution < -0.4 is 0 Å². The molecule has 1 saturated carbocycles. The molecule has 1 unspecified atom stereocenters. The molecule has 16 heavy (non-hydrogen) atoms. The lowest BCUT2D eigenvalue weighted by Gasteiger charge is -2.26. The first kappa shape index (κ1) is 13.3. The van der Waals surface area contributed by atoms with Gasteiger partial charge in [0.25, 0.3) is 0 Å². The fourth-order valence-corrected chi connectivity index (χ4v) is 1.70. The molecule has 0 spiro atoms. The van der Waals surface area contributed by atoms with Crippen LogP contribution in [0.3, 0.4) is 0 Å². The molecule has 0 aromatic heterocycles. The summed E-state index contributed by atoms with van der Waals surface area (Å²) in [5.74, 6) is -0.167. The van der Waals surface area contributed by atoms with Gasteiger partial charge in [0.05, 0.1) is 0 Å². The summed E-state index contributed by atoms with van der Waals surface area (Å²) >= 11 is 0. The molecular weight excluding hydrogens is 200 g/mol. The standard InChI is InChI=1S/C14H24O2/c1-11(14(2,3)4)16-13(15)10-12-8-6-5-7-9-12/h10-11H,5-9H2,1-4H3. The summed E-state index contributed by atoms with van der Waals surface area (Å²) in [5, 5.41) is 0. The molecule has 0 heterocycles. The third-order valence-electron chi connectivity index (χ3n) is 3.33. The molecular formula is C14H24O2. The predicted octanol–water partition coefficient (Wildman–Crippen LogP) is 3.85. The molecule has 0 N–H and O–H groups in total. The first-order valence-corrected chi connectivity index (χ1v) is 6.29. The van der Waals surface area contributed by atoms with E-state index in [0.29, 0.717) is 0 Å². The summed E-state index contributed by atoms with van der Waals surface area (Å²) in [4.78, 5) is 11.7. The van der Waals surface area contributed by atoms with Crippen LogP contribution in [0.15, 0.2) is 11.6 Å². The average molecular weight is 224 g/mol. The van der Waals surface area contributed by atoms with Crippen LogP contribution in [0, 0.1) is 5.41 Å². The molecule has 1 aliphatic carbocycles. The number of hydrogen-bond donors (Lipinski definition) is 0. The first-order valence-electron chi connectivity index (χ1n) is 6.29. The second-order valence-corrected chi connectivity index (χ2v) is 5.81. The largest absolute Gasteiger partial charge is 0.459 e. The van der Waals surface area contributed by atoms with Gasteiger partial charge in [0.2, 0.25) is 0 Å². The van der Waals surface area contributed by atoms with Crippen LogP contribution in [-0.2, 0) is 9.53 Å². The number of carbonyl (C=O) groups is 1. The van der Waals surface area contributed by atoms with Gasteiger partial charge >= 0.3 is 5.97 Å². The fraction of sp³-hybridized carbons (Fsp3) is 0.786. The van der Waals surface area contributed by atoms with E-state index in [2.05, 4.69) is 20.8 Å². The Kier molecular flexibility index (Phi) is 4.57. The molecule has 1 rings (SSSR count). The van der Waals surface area contributed by atoms with Crippen molar-refractivity contribution in [3.63, 3.8) is 0 Å². The van der Waals surface area contributed by atoms with Crippen molar-refractivity contribution in [3.05, 3.63) is 11.6 Å². The molecule has 0 aromatic rings. The third-order valence-corrected chi connectivity index (χ3v) is 3.33. The van der Waals surface area contributed by atoms with Gasteiger partial charge in [-0.2, -0.15) is 0 Å². The highest BCUT2D eigenvalue weighted by Crippen LogP contribution is 2.24. The number of rotatable bonds is 2. The van der Waals surface area contributed by atoms with E-state index >= 15 is 0 Å². The molecule has 1 aliphatic rings. The lowest BCUT2D eigenvalue weighted by molar-refractivity contribution is -0.147. The lowest BCUT2D eigenvalue weighted by Crippen LogP contribution is -2.28. The lowest BCUT2D eigenvalue weighted by atomic mass is 9.90. The minimum absolute atomic E-state index is 0.0146. The molecule has 92 valence electrons. The average Bonchev–Trinajstić information content (AvgIpc) is 2.17. The number of carbonyl (C=O) groups excluding carboxylic acids is 1. The van der Waals surface area contributed by atoms with Gasteiger partial charge in [0, 0.05) is 6.08 Å². The van der Waals surface area contributed by atoms with Crippen LogP contribution >= 0.6 is 0 Å². The zero-order valence-corrected chi connectivity index (χ0v) is 11.0. The van der Waals surface area contributed by atoms with E-state index in [0.717, 1.165) is 12.8 Å². The summed E-state index contributed by atoms with van der Waals surface area (Å²) in [6.45, 7) is 8.20. The minimum atomic E-state index is -0.167. The maximum absolute atomic E-state index is 11.7. The number of ether oxygens (including phenoxy) is 1. The molecule has 0 bridgehead atoms. The Balaban J connectivity index is 2.46. The second kappa shape index (κ2) is 5.51. The molecule has 0 aliphatic heterocycles. The van der Waals surface area contributed by atoms with E-state index in [1.165, 1.54) is 24.8 Å². The highest BCUT2D eigenvalue weighted by atomic mass is 16.5. The van der Waals surface area contributed by atoms with Crippen molar-refractivity contribution < 1.29 is 9.53 Å². The predicted molar refractivity (Wildman–Crippen MR) is 66.2 cm³/mol. The van der Waals surface area contributed by atoms with Crippen molar-refractivity contribution in [1.29, 1.82) is 0 Å². The third kappa shape index (κ3) is 4.38. The number of allylic oxidation sites excluding steroid dienone is 1. The monoisotopic (exact) mass is 224 g/mol. The maximum Gasteiger partial charge on any atom is 0.330 e. The summed E-state index contributed by atoms with van der Waals surface area (Å²) in [6.07, 6.45) is 7.53. The molecule has 1 fully saturated rings. The van der Waals surface area contributed by atoms with E-state index in [1.54, 1.807) is 6.08 Å². The van der Waals surface area contributed by atoms with Crippen LogP contribution in [0.5, 0.6) is 0 Å². The molecule has 2 heteroatoms. The van der Waals surface area contributed by atoms with Crippen molar-refractivity contribution >= 4 is 5.97 Å². The van der Waals surface area contributed by atoms with Gasteiger partial charge in [0.15, 0.2) is 0 Å². The van der Waals surface area contributed by atoms with Gasteiger partial charge in [-0.05, 0) is 38.0 Å². The summed E-state index contributed by atoms with van der Waals surface area (Å²) in [7, 11) is 0. The van der Waals surface area contributed by atoms with E-state index in [1.807, 2.05) is 6.92 Å². The van der Waals surface area contributed by atoms with Crippen molar-refractivity contribution in [2.45, 2.75) is 65.9 Å². The highest BCUT2D eigenvalue weighted by Gasteiger charge is 2.23. The Morgan fingerprint density at radius 3 is 2.31 bits per heavy atom. The van der Waals surface area contributed by atoms with E-state index in [9.17, 15) is 4.79 Å². The SMILES string of the molecule is CC(OC(=O)C=C1CCCCC1)C(C)(C)C. The Morgan fingerprint density at radius 2 is 1.81 bits per heavy atom. The zero-order chi connectivity index (χ0) is 12.2. The summed E-state index contributed by atoms with van der Waals surface area (Å²) in [6, 6.07) is 0. The highest BCUT2D eigenvalue weighted by molar-refractivity contribution is 5.83. The second-order valence-electron chi connectivity index (χ2n) is 5.81. The van der Waals surface area contributed by atoms with Crippen LogP contribution in [0.4, 0.5) is 0 Å². The molecule has 0 amide bonds. The van der Waals surface area contributed by atoms with Gasteiger partial charge in [0.1, 0.15) is 6.10 Å². The molecule has 0 aromatic carbocycles. The van der Waals surface area contributed by atoms with Gasteiger partial charge < -0.3 is 4.74 Å². The number of esters is 1. The Labute approximate surface area is 99.1 Å². The van der Waals surface area contributed by atoms with Gasteiger partial charge in [-0.1, -0.05) is 32.8 Å². The maximum atomic E-state index is 11.7. The van der Waals surface area contributed by atoms with Crippen molar-refractivity contribution in [2.24, 2.45) is 5.41 Å². The fourth-order valence-electron chi connectivity index (χ4n) is 1.70. The van der Waals surface area contributed by atoms with Gasteiger partial charge in [-0.15, -0.1) is 0 Å². The Bertz CT molecular complexity index is 263. The Morgan fingerprint density at radius 1 is 1.25 bits per heavy atom. The smallest absolute Gasteiger partial charge is 0.330 e. The molecule has 2 nitrogen and oxygen atoms in total.